The number of anilines is 1. The zero-order chi connectivity index (χ0) is 18.6. The zero-order valence-electron chi connectivity index (χ0n) is 14.1. The van der Waals surface area contributed by atoms with Gasteiger partial charge in [-0.1, -0.05) is 18.2 Å². The highest BCUT2D eigenvalue weighted by atomic mass is 16.6. The Hall–Kier alpha value is -3.23. The lowest BCUT2D eigenvalue weighted by atomic mass is 10.3. The van der Waals surface area contributed by atoms with Crippen molar-refractivity contribution < 1.29 is 19.2 Å². The summed E-state index contributed by atoms with van der Waals surface area (Å²) in [6.07, 6.45) is -1.01. The summed E-state index contributed by atoms with van der Waals surface area (Å²) in [5, 5.41) is 17.6. The Morgan fingerprint density at radius 2 is 1.96 bits per heavy atom. The van der Waals surface area contributed by atoms with E-state index >= 15 is 0 Å². The number of amides is 1. The number of para-hydroxylation sites is 1. The Labute approximate surface area is 143 Å². The summed E-state index contributed by atoms with van der Waals surface area (Å²) < 4.78 is 6.26. The lowest BCUT2D eigenvalue weighted by Gasteiger charge is -2.13. The number of carbonyl (C=O) groups is 2. The predicted octanol–water partition coefficient (Wildman–Crippen LogP) is 1.98. The number of hydrogen-bond acceptors (Lipinski definition) is 6. The average molecular weight is 346 g/mol. The summed E-state index contributed by atoms with van der Waals surface area (Å²) in [6.45, 7) is 4.11. The van der Waals surface area contributed by atoms with Crippen LogP contribution in [0.1, 0.15) is 18.3 Å². The van der Waals surface area contributed by atoms with Crippen molar-refractivity contribution in [2.45, 2.75) is 33.4 Å². The molecular formula is C16H18N4O5. The van der Waals surface area contributed by atoms with Crippen LogP contribution in [0.4, 0.5) is 11.4 Å². The van der Waals surface area contributed by atoms with E-state index in [9.17, 15) is 19.7 Å². The number of carbonyl (C=O) groups excluding carboxylic acids is 2. The van der Waals surface area contributed by atoms with Gasteiger partial charge in [0.25, 0.3) is 5.91 Å². The van der Waals surface area contributed by atoms with Crippen molar-refractivity contribution in [1.29, 1.82) is 0 Å². The fourth-order valence-electron chi connectivity index (χ4n) is 2.28. The summed E-state index contributed by atoms with van der Waals surface area (Å²) in [5.41, 5.74) is 0.915. The molecule has 0 saturated heterocycles. The van der Waals surface area contributed by atoms with E-state index < -0.39 is 22.9 Å². The first kappa shape index (κ1) is 18.1. The SMILES string of the molecule is Cc1nn(CC(=O)O[C@H](C)C(=O)Nc2ccccc2)c(C)c1[N+](=O)[O-]. The molecule has 132 valence electrons. The highest BCUT2D eigenvalue weighted by Crippen LogP contribution is 2.21. The van der Waals surface area contributed by atoms with Crippen molar-refractivity contribution in [2.24, 2.45) is 0 Å². The second kappa shape index (κ2) is 7.56. The summed E-state index contributed by atoms with van der Waals surface area (Å²) in [4.78, 5) is 34.4. The van der Waals surface area contributed by atoms with Crippen molar-refractivity contribution in [3.63, 3.8) is 0 Å². The summed E-state index contributed by atoms with van der Waals surface area (Å²) >= 11 is 0. The minimum absolute atomic E-state index is 0.136. The number of nitro groups is 1. The van der Waals surface area contributed by atoms with Gasteiger partial charge in [-0.15, -0.1) is 0 Å². The van der Waals surface area contributed by atoms with E-state index in [1.807, 2.05) is 6.07 Å². The molecule has 1 aromatic carbocycles. The Morgan fingerprint density at radius 3 is 2.52 bits per heavy atom. The molecule has 9 nitrogen and oxygen atoms in total. The Morgan fingerprint density at radius 1 is 1.32 bits per heavy atom. The third-order valence-electron chi connectivity index (χ3n) is 3.52. The lowest BCUT2D eigenvalue weighted by molar-refractivity contribution is -0.386. The molecule has 0 saturated carbocycles. The minimum Gasteiger partial charge on any atom is -0.451 e. The van der Waals surface area contributed by atoms with Crippen LogP contribution in [-0.4, -0.2) is 32.7 Å². The lowest BCUT2D eigenvalue weighted by Crippen LogP contribution is -2.31. The topological polar surface area (TPSA) is 116 Å². The first-order valence-electron chi connectivity index (χ1n) is 7.53. The predicted molar refractivity (Wildman–Crippen MR) is 89.0 cm³/mol. The number of hydrogen-bond donors (Lipinski definition) is 1. The van der Waals surface area contributed by atoms with Crippen molar-refractivity contribution >= 4 is 23.3 Å². The number of esters is 1. The molecule has 2 rings (SSSR count). The average Bonchev–Trinajstić information content (AvgIpc) is 2.82. The van der Waals surface area contributed by atoms with Crippen LogP contribution in [0, 0.1) is 24.0 Å². The second-order valence-electron chi connectivity index (χ2n) is 5.42. The molecule has 25 heavy (non-hydrogen) atoms. The van der Waals surface area contributed by atoms with Gasteiger partial charge in [-0.3, -0.25) is 24.4 Å². The molecule has 1 atom stereocenters. The maximum Gasteiger partial charge on any atom is 0.328 e. The van der Waals surface area contributed by atoms with Crippen molar-refractivity contribution in [1.82, 2.24) is 9.78 Å². The third-order valence-corrected chi connectivity index (χ3v) is 3.52. The van der Waals surface area contributed by atoms with Crippen molar-refractivity contribution in [3.05, 3.63) is 51.8 Å². The van der Waals surface area contributed by atoms with Gasteiger partial charge in [0.2, 0.25) is 0 Å². The highest BCUT2D eigenvalue weighted by Gasteiger charge is 2.24. The fourth-order valence-corrected chi connectivity index (χ4v) is 2.28. The highest BCUT2D eigenvalue weighted by molar-refractivity contribution is 5.95. The molecule has 1 heterocycles. The van der Waals surface area contributed by atoms with Crippen LogP contribution >= 0.6 is 0 Å². The number of rotatable bonds is 6. The Kier molecular flexibility index (Phi) is 5.48. The Balaban J connectivity index is 1.97. The van der Waals surface area contributed by atoms with Gasteiger partial charge in [0.05, 0.1) is 4.92 Å². The van der Waals surface area contributed by atoms with Crippen LogP contribution in [0.25, 0.3) is 0 Å². The molecule has 0 bridgehead atoms. The Bertz CT molecular complexity index is 800. The van der Waals surface area contributed by atoms with Crippen LogP contribution in [0.2, 0.25) is 0 Å². The molecule has 1 aromatic heterocycles. The molecule has 0 aliphatic carbocycles. The van der Waals surface area contributed by atoms with E-state index in [-0.39, 0.29) is 23.6 Å². The summed E-state index contributed by atoms with van der Waals surface area (Å²) in [5.74, 6) is -1.19. The quantitative estimate of drug-likeness (QED) is 0.485. The smallest absolute Gasteiger partial charge is 0.328 e. The molecule has 1 amide bonds. The van der Waals surface area contributed by atoms with Crippen molar-refractivity contribution in [2.75, 3.05) is 5.32 Å². The number of aromatic nitrogens is 2. The number of benzene rings is 1. The van der Waals surface area contributed by atoms with Crippen LogP contribution < -0.4 is 5.32 Å². The summed E-state index contributed by atoms with van der Waals surface area (Å²) in [6, 6.07) is 8.76. The first-order valence-corrected chi connectivity index (χ1v) is 7.53. The molecule has 9 heteroatoms. The van der Waals surface area contributed by atoms with Crippen LogP contribution in [0.15, 0.2) is 30.3 Å². The van der Waals surface area contributed by atoms with Crippen LogP contribution in [0.5, 0.6) is 0 Å². The number of nitrogens with one attached hydrogen (secondary N) is 1. The van der Waals surface area contributed by atoms with E-state index in [0.29, 0.717) is 5.69 Å². The van der Waals surface area contributed by atoms with Gasteiger partial charge in [0.1, 0.15) is 17.9 Å². The second-order valence-corrected chi connectivity index (χ2v) is 5.42. The van der Waals surface area contributed by atoms with Crippen LogP contribution in [-0.2, 0) is 20.9 Å². The van der Waals surface area contributed by atoms with Gasteiger partial charge < -0.3 is 10.1 Å². The van der Waals surface area contributed by atoms with E-state index in [1.54, 1.807) is 24.3 Å². The largest absolute Gasteiger partial charge is 0.451 e. The van der Waals surface area contributed by atoms with Gasteiger partial charge in [0.15, 0.2) is 6.10 Å². The maximum atomic E-state index is 12.0. The molecule has 0 fully saturated rings. The van der Waals surface area contributed by atoms with Crippen molar-refractivity contribution in [3.8, 4) is 0 Å². The monoisotopic (exact) mass is 346 g/mol. The zero-order valence-corrected chi connectivity index (χ0v) is 14.1. The van der Waals surface area contributed by atoms with E-state index in [0.717, 1.165) is 0 Å². The normalized spacial score (nSPS) is 11.6. The third kappa shape index (κ3) is 4.40. The first-order chi connectivity index (χ1) is 11.8. The molecule has 1 N–H and O–H groups in total. The fraction of sp³-hybridized carbons (Fsp3) is 0.312. The van der Waals surface area contributed by atoms with Gasteiger partial charge >= 0.3 is 11.7 Å². The molecule has 2 aromatic rings. The molecule has 0 aliphatic rings. The van der Waals surface area contributed by atoms with Gasteiger partial charge in [-0.25, -0.2) is 0 Å². The molecule has 0 radical (unpaired) electrons. The molecule has 0 aliphatic heterocycles. The number of aryl methyl sites for hydroxylation is 1. The van der Waals surface area contributed by atoms with E-state index in [1.165, 1.54) is 25.5 Å². The van der Waals surface area contributed by atoms with Gasteiger partial charge in [-0.2, -0.15) is 5.10 Å². The standard InChI is InChI=1S/C16H18N4O5/c1-10-15(20(23)24)11(2)19(18-10)9-14(21)25-12(3)16(22)17-13-7-5-4-6-8-13/h4-8,12H,9H2,1-3H3,(H,17,22)/t12-/m1/s1. The molecule has 0 spiro atoms. The van der Waals surface area contributed by atoms with Gasteiger partial charge in [0, 0.05) is 5.69 Å². The van der Waals surface area contributed by atoms with Gasteiger partial charge in [-0.05, 0) is 32.9 Å². The number of ether oxygens (including phenoxy) is 1. The van der Waals surface area contributed by atoms with E-state index in [4.69, 9.17) is 4.74 Å². The van der Waals surface area contributed by atoms with E-state index in [2.05, 4.69) is 10.4 Å². The number of nitrogens with zero attached hydrogens (tertiary/aromatic N) is 3. The maximum absolute atomic E-state index is 12.0. The summed E-state index contributed by atoms with van der Waals surface area (Å²) in [7, 11) is 0. The molecule has 0 unspecified atom stereocenters. The minimum atomic E-state index is -1.01. The van der Waals surface area contributed by atoms with Crippen LogP contribution in [0.3, 0.4) is 0 Å². The molecular weight excluding hydrogens is 328 g/mol.